The molecule has 7 unspecified atom stereocenters. The molecule has 1 fully saturated rings. The third-order valence-corrected chi connectivity index (χ3v) is 16.8. The minimum absolute atomic E-state index is 0.00566. The average molecular weight is 1200 g/mol. The van der Waals surface area contributed by atoms with Crippen molar-refractivity contribution in [2.75, 3.05) is 19.8 Å². The minimum atomic E-state index is -1.57. The molecule has 0 aromatic heterocycles. The molecule has 496 valence electrons. The number of hydrogen-bond acceptors (Lipinski definition) is 10. The Bertz CT molecular complexity index is 1600. The van der Waals surface area contributed by atoms with E-state index in [1.165, 1.54) is 238 Å². The second-order valence-corrected chi connectivity index (χ2v) is 24.9. The number of esters is 1. The predicted molar refractivity (Wildman–Crippen MR) is 357 cm³/mol. The van der Waals surface area contributed by atoms with Crippen LogP contribution in [0.2, 0.25) is 0 Å². The average Bonchev–Trinajstić information content (AvgIpc) is 3.50. The van der Waals surface area contributed by atoms with Gasteiger partial charge in [0.1, 0.15) is 24.4 Å². The molecule has 0 aromatic rings. The van der Waals surface area contributed by atoms with Crippen molar-refractivity contribution >= 4 is 11.9 Å². The molecule has 0 saturated carbocycles. The Labute approximate surface area is 522 Å². The van der Waals surface area contributed by atoms with Gasteiger partial charge < -0.3 is 45.1 Å². The van der Waals surface area contributed by atoms with E-state index in [0.717, 1.165) is 70.6 Å². The Balaban J connectivity index is 1.91. The van der Waals surface area contributed by atoms with E-state index in [1.807, 2.05) is 6.08 Å². The van der Waals surface area contributed by atoms with Crippen LogP contribution in [0.1, 0.15) is 335 Å². The van der Waals surface area contributed by atoms with E-state index in [-0.39, 0.29) is 18.5 Å². The van der Waals surface area contributed by atoms with E-state index in [0.29, 0.717) is 19.4 Å². The van der Waals surface area contributed by atoms with Crippen LogP contribution in [0.5, 0.6) is 0 Å². The second-order valence-electron chi connectivity index (χ2n) is 24.9. The van der Waals surface area contributed by atoms with Crippen LogP contribution in [0.4, 0.5) is 0 Å². The normalized spacial score (nSPS) is 18.3. The Morgan fingerprint density at radius 2 is 0.812 bits per heavy atom. The van der Waals surface area contributed by atoms with Gasteiger partial charge in [-0.05, 0) is 89.9 Å². The zero-order chi connectivity index (χ0) is 61.6. The van der Waals surface area contributed by atoms with Gasteiger partial charge in [0.25, 0.3) is 0 Å². The predicted octanol–water partition coefficient (Wildman–Crippen LogP) is 18.5. The highest BCUT2D eigenvalue weighted by Gasteiger charge is 2.44. The lowest BCUT2D eigenvalue weighted by molar-refractivity contribution is -0.302. The molecule has 0 aromatic carbocycles. The summed E-state index contributed by atoms with van der Waals surface area (Å²) in [6.45, 7) is 4.27. The number of ether oxygens (including phenoxy) is 3. The zero-order valence-electron chi connectivity index (χ0n) is 55.1. The molecule has 85 heavy (non-hydrogen) atoms. The number of rotatable bonds is 63. The van der Waals surface area contributed by atoms with E-state index in [2.05, 4.69) is 67.8 Å². The molecule has 6 N–H and O–H groups in total. The standard InChI is InChI=1S/C74H135NO10/c1-3-5-7-9-11-13-14-38-42-46-50-54-58-62-70(79)83-63-59-55-51-47-43-40-37-35-33-31-29-27-25-23-21-19-17-15-16-18-20-22-24-26-28-30-32-34-36-39-41-45-49-53-57-61-69(78)75-66(67(77)60-56-52-48-44-12-10-8-6-4-2)65-84-74-73(82)72(81)71(80)68(64-76)85-74/h7,9,13-14,17,19,23,25,56,60,66-68,71-74,76-77,80-82H,3-6,8,10-12,15-16,18,20-22,24,26-55,57-59,61-65H2,1-2H3,(H,75,78)/b9-7-,14-13-,19-17-,25-23-,60-56+. The van der Waals surface area contributed by atoms with Crippen LogP contribution < -0.4 is 5.32 Å². The van der Waals surface area contributed by atoms with Gasteiger partial charge in [-0.2, -0.15) is 0 Å². The van der Waals surface area contributed by atoms with Crippen LogP contribution in [0, 0.1) is 0 Å². The number of carbonyl (C=O) groups excluding carboxylic acids is 2. The van der Waals surface area contributed by atoms with Gasteiger partial charge in [-0.3, -0.25) is 9.59 Å². The van der Waals surface area contributed by atoms with Crippen molar-refractivity contribution in [3.05, 3.63) is 60.8 Å². The molecule has 11 nitrogen and oxygen atoms in total. The Morgan fingerprint density at radius 3 is 1.24 bits per heavy atom. The molecule has 0 bridgehead atoms. The molecule has 1 rings (SSSR count). The van der Waals surface area contributed by atoms with Gasteiger partial charge in [0.2, 0.25) is 5.91 Å². The third-order valence-electron chi connectivity index (χ3n) is 16.8. The summed E-state index contributed by atoms with van der Waals surface area (Å²) in [7, 11) is 0. The van der Waals surface area contributed by atoms with Crippen LogP contribution in [0.15, 0.2) is 60.8 Å². The molecule has 1 saturated heterocycles. The number of hydrogen-bond donors (Lipinski definition) is 6. The zero-order valence-corrected chi connectivity index (χ0v) is 55.1. The van der Waals surface area contributed by atoms with Gasteiger partial charge in [0.15, 0.2) is 6.29 Å². The summed E-state index contributed by atoms with van der Waals surface area (Å²) in [5.41, 5.74) is 0. The number of aliphatic hydroxyl groups is 5. The number of carbonyl (C=O) groups is 2. The molecule has 1 aliphatic rings. The largest absolute Gasteiger partial charge is 0.466 e. The van der Waals surface area contributed by atoms with Crippen molar-refractivity contribution < 1.29 is 49.3 Å². The first-order chi connectivity index (χ1) is 41.7. The van der Waals surface area contributed by atoms with Gasteiger partial charge in [-0.1, -0.05) is 293 Å². The second kappa shape index (κ2) is 62.9. The third kappa shape index (κ3) is 51.9. The smallest absolute Gasteiger partial charge is 0.305 e. The van der Waals surface area contributed by atoms with E-state index in [9.17, 15) is 35.1 Å². The molecule has 1 heterocycles. The fraction of sp³-hybridized carbons (Fsp3) is 0.838. The summed E-state index contributed by atoms with van der Waals surface area (Å²) in [5, 5.41) is 54.3. The van der Waals surface area contributed by atoms with Crippen LogP contribution in [0.25, 0.3) is 0 Å². The topological polar surface area (TPSA) is 175 Å². The number of allylic oxidation sites excluding steroid dienone is 9. The van der Waals surface area contributed by atoms with Gasteiger partial charge in [-0.15, -0.1) is 0 Å². The Morgan fingerprint density at radius 1 is 0.435 bits per heavy atom. The van der Waals surface area contributed by atoms with Crippen molar-refractivity contribution in [1.82, 2.24) is 5.32 Å². The highest BCUT2D eigenvalue weighted by atomic mass is 16.7. The maximum Gasteiger partial charge on any atom is 0.305 e. The summed E-state index contributed by atoms with van der Waals surface area (Å²) >= 11 is 0. The van der Waals surface area contributed by atoms with E-state index in [1.54, 1.807) is 6.08 Å². The first-order valence-corrected chi connectivity index (χ1v) is 36.1. The van der Waals surface area contributed by atoms with Gasteiger partial charge in [0.05, 0.1) is 32.0 Å². The van der Waals surface area contributed by atoms with E-state index >= 15 is 0 Å². The molecule has 7 atom stereocenters. The van der Waals surface area contributed by atoms with Crippen molar-refractivity contribution in [2.45, 2.75) is 378 Å². The van der Waals surface area contributed by atoms with Gasteiger partial charge >= 0.3 is 5.97 Å². The fourth-order valence-corrected chi connectivity index (χ4v) is 11.2. The molecular formula is C74H135NO10. The molecule has 0 aliphatic carbocycles. The highest BCUT2D eigenvalue weighted by Crippen LogP contribution is 2.23. The number of amides is 1. The monoisotopic (exact) mass is 1200 g/mol. The van der Waals surface area contributed by atoms with Crippen LogP contribution in [-0.2, 0) is 23.8 Å². The van der Waals surface area contributed by atoms with Crippen molar-refractivity contribution in [3.8, 4) is 0 Å². The minimum Gasteiger partial charge on any atom is -0.466 e. The molecular weight excluding hydrogens is 1060 g/mol. The lowest BCUT2D eigenvalue weighted by Gasteiger charge is -2.40. The summed E-state index contributed by atoms with van der Waals surface area (Å²) in [5.74, 6) is -0.187. The molecule has 11 heteroatoms. The van der Waals surface area contributed by atoms with Crippen molar-refractivity contribution in [2.24, 2.45) is 0 Å². The number of unbranched alkanes of at least 4 members (excludes halogenated alkanes) is 41. The maximum absolute atomic E-state index is 13.0. The van der Waals surface area contributed by atoms with E-state index in [4.69, 9.17) is 14.2 Å². The van der Waals surface area contributed by atoms with Gasteiger partial charge in [0, 0.05) is 12.8 Å². The SMILES string of the molecule is CCC/C=C\C/C=C\CCCCCCCC(=O)OCCCCCCCCCCCCC/C=C\C/C=C\CCCCCCCCCCCCCCCCCCCC(=O)NC(COC1OC(CO)C(O)C(O)C1O)C(O)/C=C/CCCCCCCCC. The molecule has 0 radical (unpaired) electrons. The molecule has 1 aliphatic heterocycles. The number of aliphatic hydroxyl groups excluding tert-OH is 5. The lowest BCUT2D eigenvalue weighted by Crippen LogP contribution is -2.60. The summed E-state index contributed by atoms with van der Waals surface area (Å²) in [4.78, 5) is 25.1. The first kappa shape index (κ1) is 80.4. The van der Waals surface area contributed by atoms with Crippen molar-refractivity contribution in [3.63, 3.8) is 0 Å². The Kier molecular flexibility index (Phi) is 59.5. The maximum atomic E-state index is 13.0. The Hall–Kier alpha value is -2.64. The van der Waals surface area contributed by atoms with Crippen LogP contribution >= 0.6 is 0 Å². The molecule has 0 spiro atoms. The lowest BCUT2D eigenvalue weighted by atomic mass is 9.99. The van der Waals surface area contributed by atoms with Gasteiger partial charge in [-0.25, -0.2) is 0 Å². The summed E-state index contributed by atoms with van der Waals surface area (Å²) in [6, 6.07) is -0.807. The van der Waals surface area contributed by atoms with Crippen LogP contribution in [-0.4, -0.2) is 100 Å². The quantitative estimate of drug-likeness (QED) is 0.0195. The van der Waals surface area contributed by atoms with Crippen LogP contribution in [0.3, 0.4) is 0 Å². The summed E-state index contributed by atoms with van der Waals surface area (Å²) < 4.78 is 16.7. The summed E-state index contributed by atoms with van der Waals surface area (Å²) in [6.07, 6.45) is 73.8. The molecule has 1 amide bonds. The highest BCUT2D eigenvalue weighted by molar-refractivity contribution is 5.76. The number of nitrogens with one attached hydrogen (secondary N) is 1. The fourth-order valence-electron chi connectivity index (χ4n) is 11.2. The van der Waals surface area contributed by atoms with E-state index < -0.39 is 49.5 Å². The van der Waals surface area contributed by atoms with Crippen molar-refractivity contribution in [1.29, 1.82) is 0 Å². The first-order valence-electron chi connectivity index (χ1n) is 36.1.